The van der Waals surface area contributed by atoms with Gasteiger partial charge in [0, 0.05) is 33.5 Å². The molecule has 1 aromatic heterocycles. The van der Waals surface area contributed by atoms with Crippen molar-refractivity contribution in [2.75, 3.05) is 11.9 Å². The largest absolute Gasteiger partial charge is 0.534 e. The quantitative estimate of drug-likeness (QED) is 0.0783. The Morgan fingerprint density at radius 2 is 1.54 bits per heavy atom. The molecule has 3 aromatic carbocycles. The average Bonchev–Trinajstić information content (AvgIpc) is 3.19. The number of alkyl halides is 6. The highest BCUT2D eigenvalue weighted by Gasteiger charge is 2.48. The molecule has 0 aliphatic heterocycles. The van der Waals surface area contributed by atoms with Gasteiger partial charge in [0.25, 0.3) is 5.92 Å². The van der Waals surface area contributed by atoms with Gasteiger partial charge < -0.3 is 13.7 Å². The van der Waals surface area contributed by atoms with Crippen LogP contribution in [0.4, 0.5) is 26.3 Å². The van der Waals surface area contributed by atoms with E-state index in [9.17, 15) is 34.8 Å². The summed E-state index contributed by atoms with van der Waals surface area (Å²) in [4.78, 5) is 0.108. The summed E-state index contributed by atoms with van der Waals surface area (Å²) in [6, 6.07) is 12.4. The first kappa shape index (κ1) is 29.0. The fraction of sp³-hybridized carbons (Fsp3) is 0.200. The predicted molar refractivity (Wildman–Crippen MR) is 138 cm³/mol. The molecule has 0 bridgehead atoms. The summed E-state index contributed by atoms with van der Waals surface area (Å²) in [7, 11) is -5.95. The fourth-order valence-electron chi connectivity index (χ4n) is 3.51. The molecule has 4 rings (SSSR count). The lowest BCUT2D eigenvalue weighted by molar-refractivity contribution is -0.0500. The van der Waals surface area contributed by atoms with Gasteiger partial charge in [-0.25, -0.2) is 13.2 Å². The third-order valence-corrected chi connectivity index (χ3v) is 7.66. The van der Waals surface area contributed by atoms with Gasteiger partial charge >= 0.3 is 15.6 Å². The van der Waals surface area contributed by atoms with Crippen molar-refractivity contribution in [3.63, 3.8) is 0 Å². The lowest BCUT2D eigenvalue weighted by Gasteiger charge is -2.16. The topological polar surface area (TPSA) is 61.8 Å². The van der Waals surface area contributed by atoms with Crippen LogP contribution >= 0.6 is 27.3 Å². The number of ether oxygens (including phenoxy) is 2. The molecule has 208 valence electrons. The Morgan fingerprint density at radius 1 is 0.897 bits per heavy atom. The van der Waals surface area contributed by atoms with E-state index in [0.29, 0.717) is 30.7 Å². The minimum absolute atomic E-state index is 0.0477. The summed E-state index contributed by atoms with van der Waals surface area (Å²) in [6.45, 7) is 1.01. The minimum atomic E-state index is -5.95. The molecule has 4 aromatic rings. The number of fused-ring (bicyclic) bond motifs is 1. The predicted octanol–water partition coefficient (Wildman–Crippen LogP) is 8.61. The molecular formula is C25H17BrF6O5S2. The van der Waals surface area contributed by atoms with Gasteiger partial charge in [-0.1, -0.05) is 22.0 Å². The summed E-state index contributed by atoms with van der Waals surface area (Å²) in [5.74, 6) is -4.15. The van der Waals surface area contributed by atoms with Crippen molar-refractivity contribution in [2.45, 2.75) is 18.4 Å². The average molecular weight is 655 g/mol. The van der Waals surface area contributed by atoms with E-state index in [2.05, 4.69) is 20.1 Å². The van der Waals surface area contributed by atoms with E-state index in [1.807, 2.05) is 0 Å². The van der Waals surface area contributed by atoms with Crippen molar-refractivity contribution in [1.29, 1.82) is 0 Å². The van der Waals surface area contributed by atoms with Crippen LogP contribution in [-0.2, 0) is 16.0 Å². The zero-order chi connectivity index (χ0) is 28.6. The number of hydrogen-bond acceptors (Lipinski definition) is 6. The molecule has 0 aliphatic carbocycles. The molecule has 0 atom stereocenters. The Kier molecular flexibility index (Phi) is 8.11. The first-order valence-corrected chi connectivity index (χ1v) is 14.3. The molecule has 5 nitrogen and oxygen atoms in total. The van der Waals surface area contributed by atoms with Crippen molar-refractivity contribution in [1.82, 2.24) is 0 Å². The molecule has 0 amide bonds. The Balaban J connectivity index is 1.86. The highest BCUT2D eigenvalue weighted by Crippen LogP contribution is 2.50. The number of rotatable bonds is 9. The van der Waals surface area contributed by atoms with Crippen molar-refractivity contribution >= 4 is 47.5 Å². The highest BCUT2D eigenvalue weighted by atomic mass is 79.9. The lowest BCUT2D eigenvalue weighted by Crippen LogP contribution is -2.27. The summed E-state index contributed by atoms with van der Waals surface area (Å²) in [5.41, 5.74) is -6.38. The van der Waals surface area contributed by atoms with Crippen molar-refractivity contribution in [3.05, 3.63) is 72.0 Å². The highest BCUT2D eigenvalue weighted by molar-refractivity contribution is 9.09. The SMILES string of the molecule is CC(F)(F)c1cc(F)ccc1-c1sc2cc(OS(=O)(=O)C(F)(F)F)ccc2c1Oc1ccc(OCCBr)cc1. The lowest BCUT2D eigenvalue weighted by atomic mass is 10.00. The molecule has 0 spiro atoms. The van der Waals surface area contributed by atoms with Crippen LogP contribution < -0.4 is 13.7 Å². The van der Waals surface area contributed by atoms with E-state index in [4.69, 9.17) is 9.47 Å². The van der Waals surface area contributed by atoms with Crippen molar-refractivity contribution in [3.8, 4) is 33.4 Å². The Hall–Kier alpha value is -2.97. The Bertz CT molecular complexity index is 1600. The van der Waals surface area contributed by atoms with E-state index in [1.54, 1.807) is 24.3 Å². The molecular weight excluding hydrogens is 638 g/mol. The smallest absolute Gasteiger partial charge is 0.493 e. The minimum Gasteiger partial charge on any atom is -0.493 e. The van der Waals surface area contributed by atoms with Crippen molar-refractivity contribution < 1.29 is 48.4 Å². The number of hydrogen-bond donors (Lipinski definition) is 0. The second kappa shape index (κ2) is 10.9. The monoisotopic (exact) mass is 654 g/mol. The van der Waals surface area contributed by atoms with E-state index >= 15 is 0 Å². The molecule has 1 heterocycles. The summed E-state index contributed by atoms with van der Waals surface area (Å²) < 4.78 is 120. The van der Waals surface area contributed by atoms with Crippen LogP contribution in [-0.4, -0.2) is 25.9 Å². The second-order valence-electron chi connectivity index (χ2n) is 8.09. The maximum Gasteiger partial charge on any atom is 0.534 e. The number of halogens is 7. The zero-order valence-corrected chi connectivity index (χ0v) is 22.9. The molecule has 0 radical (unpaired) electrons. The molecule has 39 heavy (non-hydrogen) atoms. The third kappa shape index (κ3) is 6.44. The number of benzene rings is 3. The Morgan fingerprint density at radius 3 is 2.15 bits per heavy atom. The standard InChI is InChI=1S/C25H17BrF6O5S2/c1-24(28,29)20-12-14(27)2-8-18(20)23-22(36-16-5-3-15(4-6-16)35-11-10-26)19-9-7-17(13-21(19)38-23)37-39(33,34)25(30,31)32/h2-9,12-13H,10-11H2,1H3. The second-order valence-corrected chi connectivity index (χ2v) is 11.5. The summed E-state index contributed by atoms with van der Waals surface area (Å²) in [5, 5.41) is 0.870. The van der Waals surface area contributed by atoms with Gasteiger partial charge in [0.05, 0.1) is 11.5 Å². The third-order valence-electron chi connectivity index (χ3n) is 5.19. The van der Waals surface area contributed by atoms with Gasteiger partial charge in [-0.05, 0) is 54.6 Å². The van der Waals surface area contributed by atoms with Gasteiger partial charge in [-0.2, -0.15) is 21.6 Å². The van der Waals surface area contributed by atoms with Crippen LogP contribution in [0.3, 0.4) is 0 Å². The van der Waals surface area contributed by atoms with Gasteiger partial charge in [-0.15, -0.1) is 11.3 Å². The maximum absolute atomic E-state index is 14.5. The van der Waals surface area contributed by atoms with E-state index in [1.165, 1.54) is 6.07 Å². The Labute approximate surface area is 231 Å². The van der Waals surface area contributed by atoms with Crippen LogP contribution in [0.1, 0.15) is 12.5 Å². The molecule has 0 unspecified atom stereocenters. The van der Waals surface area contributed by atoms with Gasteiger partial charge in [0.15, 0.2) is 5.75 Å². The van der Waals surface area contributed by atoms with Crippen LogP contribution in [0.5, 0.6) is 23.0 Å². The van der Waals surface area contributed by atoms with E-state index < -0.39 is 38.7 Å². The maximum atomic E-state index is 14.5. The van der Waals surface area contributed by atoms with Crippen LogP contribution in [0.15, 0.2) is 60.7 Å². The van der Waals surface area contributed by atoms with Crippen LogP contribution in [0.25, 0.3) is 20.5 Å². The molecule has 0 N–H and O–H groups in total. The fourth-order valence-corrected chi connectivity index (χ4v) is 5.32. The summed E-state index contributed by atoms with van der Waals surface area (Å²) >= 11 is 4.07. The van der Waals surface area contributed by atoms with Gasteiger partial charge in [0.1, 0.15) is 23.1 Å². The van der Waals surface area contributed by atoms with Crippen molar-refractivity contribution in [2.24, 2.45) is 0 Å². The van der Waals surface area contributed by atoms with E-state index in [-0.39, 0.29) is 32.0 Å². The molecule has 0 fully saturated rings. The van der Waals surface area contributed by atoms with E-state index in [0.717, 1.165) is 35.6 Å². The normalized spacial score (nSPS) is 12.5. The van der Waals surface area contributed by atoms with Crippen LogP contribution in [0.2, 0.25) is 0 Å². The molecule has 0 saturated carbocycles. The molecule has 14 heteroatoms. The molecule has 0 aliphatic rings. The zero-order valence-electron chi connectivity index (χ0n) is 19.7. The van der Waals surface area contributed by atoms with Gasteiger partial charge in [-0.3, -0.25) is 0 Å². The first-order valence-electron chi connectivity index (χ1n) is 10.9. The van der Waals surface area contributed by atoms with Crippen LogP contribution in [0, 0.1) is 5.82 Å². The van der Waals surface area contributed by atoms with Gasteiger partial charge in [0.2, 0.25) is 0 Å². The first-order chi connectivity index (χ1) is 18.2. The number of thiophene rings is 1. The summed E-state index contributed by atoms with van der Waals surface area (Å²) in [6.07, 6.45) is 0. The molecule has 0 saturated heterocycles.